The fraction of sp³-hybridized carbons (Fsp3) is 0.483. The fourth-order valence-electron chi connectivity index (χ4n) is 4.03. The largest absolute Gasteiger partial charge is 0.478 e. The number of benzene rings is 1. The fourth-order valence-corrected chi connectivity index (χ4v) is 4.03. The lowest BCUT2D eigenvalue weighted by molar-refractivity contribution is -0.143. The van der Waals surface area contributed by atoms with Crippen LogP contribution in [0.1, 0.15) is 76.7 Å². The predicted octanol–water partition coefficient (Wildman–Crippen LogP) is 7.01. The maximum atomic E-state index is 12.5. The van der Waals surface area contributed by atoms with Crippen LogP contribution in [0.4, 0.5) is 0 Å². The molecule has 35 heavy (non-hydrogen) atoms. The maximum Gasteiger partial charge on any atom is 0.345 e. The van der Waals surface area contributed by atoms with E-state index in [4.69, 9.17) is 13.9 Å². The number of carbonyl (C=O) groups is 1. The summed E-state index contributed by atoms with van der Waals surface area (Å²) in [6, 6.07) is 13.3. The zero-order valence-electron chi connectivity index (χ0n) is 21.0. The summed E-state index contributed by atoms with van der Waals surface area (Å²) in [4.78, 5) is 28.0. The van der Waals surface area contributed by atoms with Crippen LogP contribution < -0.4 is 10.4 Å². The van der Waals surface area contributed by atoms with E-state index in [0.29, 0.717) is 36.8 Å². The molecule has 6 nitrogen and oxygen atoms in total. The molecule has 0 N–H and O–H groups in total. The Kier molecular flexibility index (Phi) is 10.8. The Balaban J connectivity index is 1.32. The lowest BCUT2D eigenvalue weighted by Gasteiger charge is -2.08. The summed E-state index contributed by atoms with van der Waals surface area (Å²) in [6.45, 7) is 4.95. The highest BCUT2D eigenvalue weighted by molar-refractivity contribution is 5.80. The molecule has 0 saturated heterocycles. The van der Waals surface area contributed by atoms with Crippen LogP contribution >= 0.6 is 0 Å². The summed E-state index contributed by atoms with van der Waals surface area (Å²) in [7, 11) is 0. The first kappa shape index (κ1) is 26.5. The summed E-state index contributed by atoms with van der Waals surface area (Å²) < 4.78 is 16.4. The molecule has 0 saturated carbocycles. The number of nitrogens with zero attached hydrogens (tertiary/aromatic N) is 1. The van der Waals surface area contributed by atoms with Gasteiger partial charge in [0, 0.05) is 17.9 Å². The highest BCUT2D eigenvalue weighted by Crippen LogP contribution is 2.24. The van der Waals surface area contributed by atoms with Gasteiger partial charge in [0.1, 0.15) is 0 Å². The summed E-state index contributed by atoms with van der Waals surface area (Å²) >= 11 is 0. The van der Waals surface area contributed by atoms with Crippen molar-refractivity contribution in [1.29, 1.82) is 0 Å². The number of hydrogen-bond donors (Lipinski definition) is 0. The molecule has 188 valence electrons. The van der Waals surface area contributed by atoms with Gasteiger partial charge in [0.05, 0.1) is 18.8 Å². The van der Waals surface area contributed by atoms with Gasteiger partial charge in [-0.3, -0.25) is 4.79 Å². The van der Waals surface area contributed by atoms with E-state index in [0.717, 1.165) is 42.2 Å². The van der Waals surface area contributed by atoms with Crippen molar-refractivity contribution in [3.63, 3.8) is 0 Å². The van der Waals surface area contributed by atoms with E-state index in [2.05, 4.69) is 4.98 Å². The van der Waals surface area contributed by atoms with Crippen molar-refractivity contribution >= 4 is 17.1 Å². The molecule has 0 aliphatic rings. The number of pyridine rings is 1. The minimum absolute atomic E-state index is 0.107. The number of aryl methyl sites for hydroxylation is 1. The first-order chi connectivity index (χ1) is 17.1. The molecule has 1 aromatic carbocycles. The van der Waals surface area contributed by atoms with Gasteiger partial charge in [-0.25, -0.2) is 4.79 Å². The average molecular weight is 480 g/mol. The number of esters is 1. The zero-order valence-corrected chi connectivity index (χ0v) is 21.0. The topological polar surface area (TPSA) is 78.6 Å². The second-order valence-corrected chi connectivity index (χ2v) is 8.91. The van der Waals surface area contributed by atoms with Crippen molar-refractivity contribution < 1.29 is 18.7 Å². The number of unbranched alkanes of at least 4 members (excludes halogenated alkanes) is 8. The second kappa shape index (κ2) is 14.3. The van der Waals surface area contributed by atoms with E-state index in [9.17, 15) is 9.59 Å². The SMILES string of the molecule is CCC(=O)OCCCCCCCCCCCOc1ccc2cc(-c3ccccc3C)c(=O)oc2n1. The molecule has 0 fully saturated rings. The lowest BCUT2D eigenvalue weighted by atomic mass is 10.0. The minimum atomic E-state index is -0.392. The van der Waals surface area contributed by atoms with Crippen LogP contribution in [-0.2, 0) is 9.53 Å². The van der Waals surface area contributed by atoms with Gasteiger partial charge in [0.2, 0.25) is 11.6 Å². The van der Waals surface area contributed by atoms with Crippen molar-refractivity contribution in [2.24, 2.45) is 0 Å². The first-order valence-corrected chi connectivity index (χ1v) is 12.9. The van der Waals surface area contributed by atoms with Crippen molar-refractivity contribution in [1.82, 2.24) is 4.98 Å². The number of hydrogen-bond acceptors (Lipinski definition) is 6. The van der Waals surface area contributed by atoms with Crippen LogP contribution in [-0.4, -0.2) is 24.2 Å². The molecule has 0 spiro atoms. The van der Waals surface area contributed by atoms with Crippen LogP contribution in [0.2, 0.25) is 0 Å². The lowest BCUT2D eigenvalue weighted by Crippen LogP contribution is -2.05. The summed E-state index contributed by atoms with van der Waals surface area (Å²) in [5.41, 5.74) is 2.35. The Morgan fingerprint density at radius 2 is 1.51 bits per heavy atom. The van der Waals surface area contributed by atoms with Crippen molar-refractivity contribution in [2.45, 2.75) is 78.1 Å². The predicted molar refractivity (Wildman–Crippen MR) is 139 cm³/mol. The Labute approximate surface area is 207 Å². The van der Waals surface area contributed by atoms with Gasteiger partial charge >= 0.3 is 11.6 Å². The molecule has 2 aromatic heterocycles. The van der Waals surface area contributed by atoms with E-state index in [1.165, 1.54) is 32.1 Å². The standard InChI is InChI=1S/C29H37NO5/c1-3-27(31)34-20-14-10-8-6-4-5-7-9-13-19-33-26-18-17-23-21-25(29(32)35-28(23)30-26)24-16-12-11-15-22(24)2/h11-12,15-18,21H,3-10,13-14,19-20H2,1-2H3. The maximum absolute atomic E-state index is 12.5. The average Bonchev–Trinajstić information content (AvgIpc) is 2.86. The second-order valence-electron chi connectivity index (χ2n) is 8.91. The van der Waals surface area contributed by atoms with Crippen molar-refractivity contribution in [3.05, 3.63) is 58.4 Å². The molecule has 3 aromatic rings. The van der Waals surface area contributed by atoms with Crippen molar-refractivity contribution in [3.8, 4) is 17.0 Å². The summed E-state index contributed by atoms with van der Waals surface area (Å²) in [6.07, 6.45) is 10.7. The quantitative estimate of drug-likeness (QED) is 0.172. The third-order valence-electron chi connectivity index (χ3n) is 6.10. The number of aromatic nitrogens is 1. The minimum Gasteiger partial charge on any atom is -0.478 e. The highest BCUT2D eigenvalue weighted by atomic mass is 16.5. The molecule has 3 rings (SSSR count). The molecular formula is C29H37NO5. The van der Waals surface area contributed by atoms with Gasteiger partial charge in [-0.1, -0.05) is 76.1 Å². The van der Waals surface area contributed by atoms with E-state index >= 15 is 0 Å². The molecule has 0 radical (unpaired) electrons. The first-order valence-electron chi connectivity index (χ1n) is 12.9. The molecule has 0 aliphatic heterocycles. The Bertz CT molecular complexity index is 1140. The van der Waals surface area contributed by atoms with E-state index in [1.807, 2.05) is 56.3 Å². The van der Waals surface area contributed by atoms with E-state index in [1.54, 1.807) is 0 Å². The Morgan fingerprint density at radius 3 is 2.20 bits per heavy atom. The number of ether oxygens (including phenoxy) is 2. The van der Waals surface area contributed by atoms with Gasteiger partial charge in [-0.2, -0.15) is 4.98 Å². The number of carbonyl (C=O) groups excluding carboxylic acids is 1. The Morgan fingerprint density at radius 1 is 0.857 bits per heavy atom. The Hall–Kier alpha value is -3.15. The molecule has 0 bridgehead atoms. The van der Waals surface area contributed by atoms with Gasteiger partial charge in [0.25, 0.3) is 0 Å². The highest BCUT2D eigenvalue weighted by Gasteiger charge is 2.11. The third kappa shape index (κ3) is 8.53. The molecule has 6 heteroatoms. The monoisotopic (exact) mass is 479 g/mol. The normalized spacial score (nSPS) is 11.0. The molecule has 0 aliphatic carbocycles. The van der Waals surface area contributed by atoms with Gasteiger partial charge in [-0.05, 0) is 43.0 Å². The van der Waals surface area contributed by atoms with Crippen LogP contribution in [0.5, 0.6) is 5.88 Å². The number of rotatable bonds is 15. The van der Waals surface area contributed by atoms with Crippen LogP contribution in [0.3, 0.4) is 0 Å². The van der Waals surface area contributed by atoms with Gasteiger partial charge < -0.3 is 13.9 Å². The smallest absolute Gasteiger partial charge is 0.345 e. The van der Waals surface area contributed by atoms with Crippen molar-refractivity contribution in [2.75, 3.05) is 13.2 Å². The van der Waals surface area contributed by atoms with E-state index < -0.39 is 5.63 Å². The third-order valence-corrected chi connectivity index (χ3v) is 6.10. The molecule has 0 atom stereocenters. The van der Waals surface area contributed by atoms with Crippen LogP contribution in [0, 0.1) is 6.92 Å². The van der Waals surface area contributed by atoms with Crippen LogP contribution in [0.25, 0.3) is 22.2 Å². The van der Waals surface area contributed by atoms with Crippen LogP contribution in [0.15, 0.2) is 51.7 Å². The molecular weight excluding hydrogens is 442 g/mol. The zero-order chi connectivity index (χ0) is 24.9. The number of fused-ring (bicyclic) bond motifs is 1. The summed E-state index contributed by atoms with van der Waals surface area (Å²) in [5.74, 6) is 0.373. The molecule has 0 unspecified atom stereocenters. The van der Waals surface area contributed by atoms with Gasteiger partial charge in [0.15, 0.2) is 0 Å². The molecule has 0 amide bonds. The van der Waals surface area contributed by atoms with E-state index in [-0.39, 0.29) is 5.97 Å². The summed E-state index contributed by atoms with van der Waals surface area (Å²) in [5, 5.41) is 0.775. The van der Waals surface area contributed by atoms with Gasteiger partial charge in [-0.15, -0.1) is 0 Å². The molecule has 2 heterocycles.